The fourth-order valence-electron chi connectivity index (χ4n) is 1.03. The molecule has 0 bridgehead atoms. The number of hydrogen-bond acceptors (Lipinski definition) is 7. The van der Waals surface area contributed by atoms with Gasteiger partial charge in [-0.15, -0.1) is 0 Å². The lowest BCUT2D eigenvalue weighted by atomic mass is 10.5. The number of ether oxygens (including phenoxy) is 4. The highest BCUT2D eigenvalue weighted by atomic mass is 16.6. The van der Waals surface area contributed by atoms with Crippen LogP contribution in [0.3, 0.4) is 0 Å². The second-order valence-electron chi connectivity index (χ2n) is 3.64. The van der Waals surface area contributed by atoms with Gasteiger partial charge >= 0.3 is 0 Å². The van der Waals surface area contributed by atoms with Crippen molar-refractivity contribution < 1.29 is 18.9 Å². The van der Waals surface area contributed by atoms with E-state index in [2.05, 4.69) is 10.1 Å². The summed E-state index contributed by atoms with van der Waals surface area (Å²) in [7, 11) is 1.64. The molecule has 2 N–H and O–H groups in total. The Hall–Kier alpha value is -1.02. The Morgan fingerprint density at radius 2 is 1.47 bits per heavy atom. The number of nitrogens with two attached hydrogens (primary N) is 1. The molecule has 0 aliphatic heterocycles. The molecule has 0 amide bonds. The molecule has 0 aliphatic carbocycles. The van der Waals surface area contributed by atoms with Crippen LogP contribution < -0.4 is 5.84 Å². The fourth-order valence-corrected chi connectivity index (χ4v) is 1.03. The van der Waals surface area contributed by atoms with Gasteiger partial charge in [0.25, 0.3) is 0 Å². The summed E-state index contributed by atoms with van der Waals surface area (Å²) in [6.07, 6.45) is 1.62. The van der Waals surface area contributed by atoms with E-state index in [9.17, 15) is 0 Å². The summed E-state index contributed by atoms with van der Waals surface area (Å²) in [6.45, 7) is 6.39. The van der Waals surface area contributed by atoms with Crippen molar-refractivity contribution in [3.05, 3.63) is 0 Å². The first-order chi connectivity index (χ1) is 9.31. The molecule has 19 heavy (non-hydrogen) atoms. The quantitative estimate of drug-likeness (QED) is 0.223. The van der Waals surface area contributed by atoms with Crippen LogP contribution in [0.2, 0.25) is 0 Å². The fraction of sp³-hybridized carbons (Fsp3) is 0.833. The maximum atomic E-state index is 5.32. The Kier molecular flexibility index (Phi) is 14.2. The lowest BCUT2D eigenvalue weighted by Gasteiger charge is -2.05. The Labute approximate surface area is 114 Å². The third-order valence-corrected chi connectivity index (χ3v) is 2.02. The van der Waals surface area contributed by atoms with E-state index in [4.69, 9.17) is 24.8 Å². The van der Waals surface area contributed by atoms with Gasteiger partial charge in [-0.1, -0.05) is 0 Å². The predicted octanol–water partition coefficient (Wildman–Crippen LogP) is 0.0880. The van der Waals surface area contributed by atoms with Crippen molar-refractivity contribution in [1.82, 2.24) is 0 Å². The van der Waals surface area contributed by atoms with Gasteiger partial charge in [-0.05, 0) is 6.92 Å². The van der Waals surface area contributed by atoms with Gasteiger partial charge in [0, 0.05) is 13.3 Å². The van der Waals surface area contributed by atoms with Gasteiger partial charge in [0.15, 0.2) is 0 Å². The minimum absolute atomic E-state index is 0.553. The van der Waals surface area contributed by atoms with Gasteiger partial charge in [-0.2, -0.15) is 5.10 Å². The molecule has 0 rings (SSSR count). The third-order valence-electron chi connectivity index (χ3n) is 2.02. The number of aliphatic imine (C=N–C) groups is 1. The summed E-state index contributed by atoms with van der Waals surface area (Å²) < 4.78 is 20.7. The maximum absolute atomic E-state index is 5.32. The Bertz CT molecular complexity index is 247. The Morgan fingerprint density at radius 3 is 2.00 bits per heavy atom. The van der Waals surface area contributed by atoms with Crippen molar-refractivity contribution in [3.8, 4) is 0 Å². The lowest BCUT2D eigenvalue weighted by Crippen LogP contribution is -2.12. The van der Waals surface area contributed by atoms with Gasteiger partial charge in [-0.25, -0.2) is 0 Å². The maximum Gasteiger partial charge on any atom is 0.0747 e. The van der Waals surface area contributed by atoms with Crippen LogP contribution in [0.5, 0.6) is 0 Å². The monoisotopic (exact) mass is 275 g/mol. The molecular weight excluding hydrogens is 250 g/mol. The van der Waals surface area contributed by atoms with E-state index in [1.165, 1.54) is 0 Å². The van der Waals surface area contributed by atoms with Crippen molar-refractivity contribution in [2.75, 3.05) is 59.9 Å². The normalized spacial score (nSPS) is 12.4. The summed E-state index contributed by atoms with van der Waals surface area (Å²) in [6, 6.07) is 0. The molecule has 0 unspecified atom stereocenters. The number of hydrogen-bond donors (Lipinski definition) is 1. The first kappa shape index (κ1) is 18.0. The molecule has 0 fully saturated rings. The second kappa shape index (κ2) is 15.0. The predicted molar refractivity (Wildman–Crippen MR) is 75.0 cm³/mol. The van der Waals surface area contributed by atoms with Crippen LogP contribution in [0.25, 0.3) is 0 Å². The molecule has 0 atom stereocenters. The number of hydrazone groups is 1. The average Bonchev–Trinajstić information content (AvgIpc) is 2.43. The first-order valence-corrected chi connectivity index (χ1v) is 6.27. The van der Waals surface area contributed by atoms with E-state index < -0.39 is 0 Å². The lowest BCUT2D eigenvalue weighted by molar-refractivity contribution is 0.00473. The van der Waals surface area contributed by atoms with Gasteiger partial charge in [0.05, 0.1) is 58.5 Å². The van der Waals surface area contributed by atoms with E-state index in [1.807, 2.05) is 0 Å². The van der Waals surface area contributed by atoms with Gasteiger partial charge in [-0.3, -0.25) is 4.99 Å². The SMILES string of the molecule is COCCOCCOCCOCCN=C/C(C)=N\N. The highest BCUT2D eigenvalue weighted by Crippen LogP contribution is 1.82. The van der Waals surface area contributed by atoms with E-state index >= 15 is 0 Å². The molecule has 0 aromatic carbocycles. The average molecular weight is 275 g/mol. The van der Waals surface area contributed by atoms with Crippen molar-refractivity contribution in [3.63, 3.8) is 0 Å². The number of nitrogens with zero attached hydrogens (tertiary/aromatic N) is 2. The molecule has 7 nitrogen and oxygen atoms in total. The van der Waals surface area contributed by atoms with E-state index in [0.717, 1.165) is 0 Å². The minimum atomic E-state index is 0.553. The summed E-state index contributed by atoms with van der Waals surface area (Å²) in [4.78, 5) is 4.08. The van der Waals surface area contributed by atoms with Crippen LogP contribution >= 0.6 is 0 Å². The zero-order valence-corrected chi connectivity index (χ0v) is 11.8. The summed E-state index contributed by atoms with van der Waals surface area (Å²) in [5.41, 5.74) is 0.691. The van der Waals surface area contributed by atoms with Crippen molar-refractivity contribution in [2.24, 2.45) is 15.9 Å². The molecule has 0 radical (unpaired) electrons. The van der Waals surface area contributed by atoms with Crippen LogP contribution in [0.15, 0.2) is 10.1 Å². The second-order valence-corrected chi connectivity index (χ2v) is 3.64. The molecule has 0 saturated carbocycles. The highest BCUT2D eigenvalue weighted by Gasteiger charge is 1.91. The molecule has 112 valence electrons. The minimum Gasteiger partial charge on any atom is -0.382 e. The topological polar surface area (TPSA) is 87.7 Å². The van der Waals surface area contributed by atoms with E-state index in [1.54, 1.807) is 20.2 Å². The Morgan fingerprint density at radius 1 is 0.947 bits per heavy atom. The van der Waals surface area contributed by atoms with Gasteiger partial charge < -0.3 is 24.8 Å². The van der Waals surface area contributed by atoms with Crippen LogP contribution in [0.4, 0.5) is 0 Å². The molecule has 0 saturated heterocycles. The molecule has 0 aliphatic rings. The Balaban J connectivity index is 3.09. The summed E-state index contributed by atoms with van der Waals surface area (Å²) in [5, 5.41) is 3.47. The van der Waals surface area contributed by atoms with Crippen LogP contribution in [-0.2, 0) is 18.9 Å². The number of rotatable bonds is 13. The van der Waals surface area contributed by atoms with E-state index in [0.29, 0.717) is 58.5 Å². The largest absolute Gasteiger partial charge is 0.382 e. The van der Waals surface area contributed by atoms with Crippen LogP contribution in [0.1, 0.15) is 6.92 Å². The molecular formula is C12H25N3O4. The van der Waals surface area contributed by atoms with Crippen molar-refractivity contribution in [2.45, 2.75) is 6.92 Å². The number of methoxy groups -OCH3 is 1. The van der Waals surface area contributed by atoms with Crippen LogP contribution in [0, 0.1) is 0 Å². The third kappa shape index (κ3) is 14.9. The summed E-state index contributed by atoms with van der Waals surface area (Å²) >= 11 is 0. The van der Waals surface area contributed by atoms with E-state index in [-0.39, 0.29) is 0 Å². The van der Waals surface area contributed by atoms with Crippen LogP contribution in [-0.4, -0.2) is 71.8 Å². The smallest absolute Gasteiger partial charge is 0.0747 e. The molecule has 7 heteroatoms. The molecule has 0 aromatic rings. The van der Waals surface area contributed by atoms with Crippen molar-refractivity contribution >= 4 is 11.9 Å². The first-order valence-electron chi connectivity index (χ1n) is 6.27. The highest BCUT2D eigenvalue weighted by molar-refractivity contribution is 6.29. The molecule has 0 heterocycles. The van der Waals surface area contributed by atoms with Crippen molar-refractivity contribution in [1.29, 1.82) is 0 Å². The summed E-state index contributed by atoms with van der Waals surface area (Å²) in [5.74, 6) is 5.05. The molecule has 0 aromatic heterocycles. The van der Waals surface area contributed by atoms with Gasteiger partial charge in [0.1, 0.15) is 0 Å². The standard InChI is InChI=1S/C12H25N3O4/c1-12(15-13)11-14-3-4-17-7-8-19-10-9-18-6-5-16-2/h11H,3-10,13H2,1-2H3/b14-11?,15-12-. The molecule has 0 spiro atoms. The zero-order chi connectivity index (χ0) is 14.2. The zero-order valence-electron chi connectivity index (χ0n) is 11.8. The van der Waals surface area contributed by atoms with Gasteiger partial charge in [0.2, 0.25) is 0 Å².